The molecular weight excluding hydrogens is 320 g/mol. The predicted octanol–water partition coefficient (Wildman–Crippen LogP) is 1.28. The Bertz CT molecular complexity index is 687. The number of carbonyl (C=O) groups is 1. The number of hydrogen-bond acceptors (Lipinski definition) is 5. The molecule has 0 bridgehead atoms. The highest BCUT2D eigenvalue weighted by Gasteiger charge is 2.30. The van der Waals surface area contributed by atoms with Crippen molar-refractivity contribution < 1.29 is 22.7 Å². The van der Waals surface area contributed by atoms with Gasteiger partial charge in [-0.3, -0.25) is 0 Å². The van der Waals surface area contributed by atoms with Crippen LogP contribution in [0.5, 0.6) is 0 Å². The Kier molecular flexibility index (Phi) is 5.49. The molecule has 0 saturated carbocycles. The molecule has 7 nitrogen and oxygen atoms in total. The molecule has 1 fully saturated rings. The van der Waals surface area contributed by atoms with Crippen molar-refractivity contribution in [2.24, 2.45) is 7.05 Å². The van der Waals surface area contributed by atoms with Crippen molar-refractivity contribution >= 4 is 16.0 Å². The summed E-state index contributed by atoms with van der Waals surface area (Å²) in [6, 6.07) is 0. The van der Waals surface area contributed by atoms with Gasteiger partial charge < -0.3 is 14.0 Å². The average Bonchev–Trinajstić information content (AvgIpc) is 3.05. The summed E-state index contributed by atoms with van der Waals surface area (Å²) in [5, 5.41) is 0. The van der Waals surface area contributed by atoms with E-state index >= 15 is 0 Å². The Morgan fingerprint density at radius 3 is 2.70 bits per heavy atom. The van der Waals surface area contributed by atoms with Gasteiger partial charge in [0.05, 0.1) is 12.7 Å². The van der Waals surface area contributed by atoms with Crippen molar-refractivity contribution in [1.82, 2.24) is 9.29 Å². The quantitative estimate of drug-likeness (QED) is 0.786. The Morgan fingerprint density at radius 2 is 2.13 bits per heavy atom. The van der Waals surface area contributed by atoms with Gasteiger partial charge >= 0.3 is 5.97 Å². The third kappa shape index (κ3) is 3.59. The van der Waals surface area contributed by atoms with Crippen LogP contribution in [-0.4, -0.2) is 44.8 Å². The van der Waals surface area contributed by atoms with Crippen molar-refractivity contribution in [2.45, 2.75) is 44.6 Å². The molecule has 1 saturated heterocycles. The Hall–Kier alpha value is -1.38. The van der Waals surface area contributed by atoms with Crippen molar-refractivity contribution in [2.75, 3.05) is 19.8 Å². The molecule has 2 heterocycles. The van der Waals surface area contributed by atoms with E-state index in [1.54, 1.807) is 32.4 Å². The molecule has 1 unspecified atom stereocenters. The first-order valence-electron chi connectivity index (χ1n) is 7.73. The lowest BCUT2D eigenvalue weighted by Crippen LogP contribution is -2.32. The molecule has 1 aromatic rings. The summed E-state index contributed by atoms with van der Waals surface area (Å²) in [6.45, 7) is 6.16. The van der Waals surface area contributed by atoms with Crippen molar-refractivity contribution in [1.29, 1.82) is 0 Å². The van der Waals surface area contributed by atoms with Gasteiger partial charge in [-0.1, -0.05) is 0 Å². The van der Waals surface area contributed by atoms with Gasteiger partial charge in [-0.05, 0) is 33.6 Å². The van der Waals surface area contributed by atoms with E-state index in [9.17, 15) is 13.2 Å². The van der Waals surface area contributed by atoms with Crippen LogP contribution in [0.15, 0.2) is 4.90 Å². The highest BCUT2D eigenvalue weighted by atomic mass is 32.2. The van der Waals surface area contributed by atoms with Crippen LogP contribution in [0.25, 0.3) is 0 Å². The first-order chi connectivity index (χ1) is 10.8. The Balaban J connectivity index is 2.30. The number of nitrogens with one attached hydrogen (secondary N) is 1. The number of rotatable bonds is 6. The number of ether oxygens (including phenoxy) is 2. The fourth-order valence-electron chi connectivity index (χ4n) is 2.92. The number of esters is 1. The van der Waals surface area contributed by atoms with Crippen LogP contribution in [0, 0.1) is 13.8 Å². The molecule has 1 aliphatic rings. The molecular formula is C15H24N2O5S. The molecule has 1 aliphatic heterocycles. The second kappa shape index (κ2) is 7.02. The van der Waals surface area contributed by atoms with Crippen LogP contribution in [0.1, 0.15) is 41.5 Å². The minimum atomic E-state index is -3.72. The molecule has 0 radical (unpaired) electrons. The summed E-state index contributed by atoms with van der Waals surface area (Å²) in [7, 11) is -2.06. The zero-order valence-electron chi connectivity index (χ0n) is 14.0. The summed E-state index contributed by atoms with van der Waals surface area (Å²) in [5.74, 6) is -0.517. The maximum absolute atomic E-state index is 12.6. The van der Waals surface area contributed by atoms with Crippen LogP contribution >= 0.6 is 0 Å². The topological polar surface area (TPSA) is 86.6 Å². The van der Waals surface area contributed by atoms with E-state index in [1.165, 1.54) is 0 Å². The van der Waals surface area contributed by atoms with Crippen molar-refractivity contribution in [3.05, 3.63) is 17.0 Å². The van der Waals surface area contributed by atoms with E-state index in [1.807, 2.05) is 0 Å². The molecule has 1 atom stereocenters. The van der Waals surface area contributed by atoms with Crippen LogP contribution in [0.2, 0.25) is 0 Å². The second-order valence-corrected chi connectivity index (χ2v) is 7.36. The van der Waals surface area contributed by atoms with Gasteiger partial charge in [-0.2, -0.15) is 0 Å². The Morgan fingerprint density at radius 1 is 1.43 bits per heavy atom. The lowest BCUT2D eigenvalue weighted by molar-refractivity contribution is 0.0514. The highest BCUT2D eigenvalue weighted by molar-refractivity contribution is 7.89. The maximum atomic E-state index is 12.6. The first kappa shape index (κ1) is 18.0. The number of nitrogens with zero attached hydrogens (tertiary/aromatic N) is 1. The number of sulfonamides is 1. The van der Waals surface area contributed by atoms with Gasteiger partial charge in [0.25, 0.3) is 0 Å². The lowest BCUT2D eigenvalue weighted by Gasteiger charge is -2.12. The Labute approximate surface area is 137 Å². The summed E-state index contributed by atoms with van der Waals surface area (Å²) >= 11 is 0. The molecule has 23 heavy (non-hydrogen) atoms. The van der Waals surface area contributed by atoms with Gasteiger partial charge in [0.15, 0.2) is 0 Å². The van der Waals surface area contributed by atoms with E-state index in [0.29, 0.717) is 17.9 Å². The number of aromatic nitrogens is 1. The average molecular weight is 344 g/mol. The number of carbonyl (C=O) groups excluding carboxylic acids is 1. The van der Waals surface area contributed by atoms with Crippen molar-refractivity contribution in [3.63, 3.8) is 0 Å². The van der Waals surface area contributed by atoms with E-state index < -0.39 is 16.0 Å². The van der Waals surface area contributed by atoms with Gasteiger partial charge in [-0.25, -0.2) is 17.9 Å². The third-order valence-corrected chi connectivity index (χ3v) is 5.81. The highest BCUT2D eigenvalue weighted by Crippen LogP contribution is 2.26. The van der Waals surface area contributed by atoms with E-state index in [4.69, 9.17) is 9.47 Å². The molecule has 0 spiro atoms. The molecule has 130 valence electrons. The van der Waals surface area contributed by atoms with Gasteiger partial charge in [0, 0.05) is 31.5 Å². The maximum Gasteiger partial charge on any atom is 0.355 e. The summed E-state index contributed by atoms with van der Waals surface area (Å²) in [6.07, 6.45) is 1.71. The standard InChI is InChI=1S/C15H24N2O5S/c1-5-21-15(18)13-10(2)14(11(3)17(13)4)23(19,20)16-9-12-7-6-8-22-12/h12,16H,5-9H2,1-4H3. The minimum absolute atomic E-state index is 0.0846. The normalized spacial score (nSPS) is 18.3. The van der Waals surface area contributed by atoms with Crippen molar-refractivity contribution in [3.8, 4) is 0 Å². The molecule has 1 aromatic heterocycles. The van der Waals surface area contributed by atoms with Crippen LogP contribution in [0.3, 0.4) is 0 Å². The van der Waals surface area contributed by atoms with E-state index in [2.05, 4.69) is 4.72 Å². The van der Waals surface area contributed by atoms with Crippen LogP contribution in [0.4, 0.5) is 0 Å². The van der Waals surface area contributed by atoms with Gasteiger partial charge in [0.1, 0.15) is 10.6 Å². The summed E-state index contributed by atoms with van der Waals surface area (Å²) in [5.41, 5.74) is 1.18. The van der Waals surface area contributed by atoms with Gasteiger partial charge in [0.2, 0.25) is 10.0 Å². The SMILES string of the molecule is CCOC(=O)c1c(C)c(S(=O)(=O)NCC2CCCO2)c(C)n1C. The predicted molar refractivity (Wildman–Crippen MR) is 85.0 cm³/mol. The monoisotopic (exact) mass is 344 g/mol. The smallest absolute Gasteiger partial charge is 0.355 e. The van der Waals surface area contributed by atoms with Gasteiger partial charge in [-0.15, -0.1) is 0 Å². The fraction of sp³-hybridized carbons (Fsp3) is 0.667. The van der Waals surface area contributed by atoms with E-state index in [-0.39, 0.29) is 29.8 Å². The second-order valence-electron chi connectivity index (χ2n) is 5.65. The van der Waals surface area contributed by atoms with Crippen LogP contribution < -0.4 is 4.72 Å². The lowest BCUT2D eigenvalue weighted by atomic mass is 10.2. The number of hydrogen-bond donors (Lipinski definition) is 1. The largest absolute Gasteiger partial charge is 0.461 e. The molecule has 8 heteroatoms. The minimum Gasteiger partial charge on any atom is -0.461 e. The zero-order chi connectivity index (χ0) is 17.2. The molecule has 1 N–H and O–H groups in total. The van der Waals surface area contributed by atoms with Crippen LogP contribution in [-0.2, 0) is 26.5 Å². The van der Waals surface area contributed by atoms with E-state index in [0.717, 1.165) is 12.8 Å². The fourth-order valence-corrected chi connectivity index (χ4v) is 4.49. The molecule has 0 aromatic carbocycles. The molecule has 0 aliphatic carbocycles. The molecule has 2 rings (SSSR count). The first-order valence-corrected chi connectivity index (χ1v) is 9.22. The zero-order valence-corrected chi connectivity index (χ0v) is 14.8. The third-order valence-electron chi connectivity index (χ3n) is 4.13. The summed E-state index contributed by atoms with van der Waals surface area (Å²) < 4.78 is 39.9. The summed E-state index contributed by atoms with van der Waals surface area (Å²) in [4.78, 5) is 12.2. The molecule has 0 amide bonds.